The van der Waals surface area contributed by atoms with Gasteiger partial charge in [-0.2, -0.15) is 0 Å². The normalized spacial score (nSPS) is 11.2. The van der Waals surface area contributed by atoms with E-state index in [1.54, 1.807) is 0 Å². The van der Waals surface area contributed by atoms with Crippen LogP contribution in [0.3, 0.4) is 0 Å². The van der Waals surface area contributed by atoms with E-state index in [9.17, 15) is 0 Å². The zero-order valence-electron chi connectivity index (χ0n) is 8.43. The molecule has 0 saturated carbocycles. The van der Waals surface area contributed by atoms with E-state index in [0.717, 1.165) is 11.3 Å². The lowest BCUT2D eigenvalue weighted by Crippen LogP contribution is -1.85. The Balaban J connectivity index is 2.87. The van der Waals surface area contributed by atoms with Crippen molar-refractivity contribution in [3.05, 3.63) is 39.5 Å². The fourth-order valence-corrected chi connectivity index (χ4v) is 4.64. The first kappa shape index (κ1) is 16.6. The standard InChI is InChI=1S/C10Cl8S/c11-2-1(3(12)5(14)6(15)4(2)13)9-7(16)8(17)10(18)19-9. The summed E-state index contributed by atoms with van der Waals surface area (Å²) in [4.78, 5) is 0.479. The van der Waals surface area contributed by atoms with Crippen LogP contribution in [0.1, 0.15) is 0 Å². The molecule has 0 atom stereocenters. The van der Waals surface area contributed by atoms with Crippen LogP contribution in [-0.2, 0) is 0 Å². The van der Waals surface area contributed by atoms with Crippen molar-refractivity contribution >= 4 is 104 Å². The molecule has 0 spiro atoms. The van der Waals surface area contributed by atoms with E-state index < -0.39 is 0 Å². The molecule has 1 aromatic heterocycles. The molecule has 2 rings (SSSR count). The lowest BCUT2D eigenvalue weighted by molar-refractivity contribution is 1.68. The molecular formula is C10Cl8S. The first-order valence-electron chi connectivity index (χ1n) is 4.42. The van der Waals surface area contributed by atoms with Crippen LogP contribution < -0.4 is 0 Å². The van der Waals surface area contributed by atoms with Crippen LogP contribution in [0.2, 0.25) is 39.5 Å². The van der Waals surface area contributed by atoms with E-state index >= 15 is 0 Å². The number of benzene rings is 1. The Bertz CT molecular complexity index is 646. The summed E-state index contributed by atoms with van der Waals surface area (Å²) in [5, 5.41) is 0.975. The van der Waals surface area contributed by atoms with Gasteiger partial charge in [0.1, 0.15) is 4.34 Å². The van der Waals surface area contributed by atoms with E-state index in [0.29, 0.717) is 14.8 Å². The van der Waals surface area contributed by atoms with E-state index in [-0.39, 0.29) is 35.2 Å². The molecule has 2 aromatic rings. The SMILES string of the molecule is Clc1sc(-c2c(Cl)c(Cl)c(Cl)c(Cl)c2Cl)c(Cl)c1Cl. The van der Waals surface area contributed by atoms with Crippen LogP contribution >= 0.6 is 104 Å². The summed E-state index contributed by atoms with van der Waals surface area (Å²) in [6.45, 7) is 0. The van der Waals surface area contributed by atoms with Gasteiger partial charge in [0.2, 0.25) is 0 Å². The Kier molecular flexibility index (Phi) is 5.38. The summed E-state index contributed by atoms with van der Waals surface area (Å²) in [5.41, 5.74) is 0.353. The van der Waals surface area contributed by atoms with Gasteiger partial charge in [0.15, 0.2) is 0 Å². The van der Waals surface area contributed by atoms with Crippen molar-refractivity contribution in [3.8, 4) is 10.4 Å². The molecular weight excluding hydrogens is 436 g/mol. The average molecular weight is 436 g/mol. The van der Waals surface area contributed by atoms with Gasteiger partial charge in [-0.25, -0.2) is 0 Å². The van der Waals surface area contributed by atoms with Gasteiger partial charge in [-0.15, -0.1) is 11.3 Å². The Morgan fingerprint density at radius 1 is 0.474 bits per heavy atom. The molecule has 0 aliphatic heterocycles. The van der Waals surface area contributed by atoms with Crippen molar-refractivity contribution in [3.63, 3.8) is 0 Å². The first-order valence-corrected chi connectivity index (χ1v) is 8.26. The summed E-state index contributed by atoms with van der Waals surface area (Å²) in [6.07, 6.45) is 0. The van der Waals surface area contributed by atoms with Gasteiger partial charge in [0, 0.05) is 5.56 Å². The average Bonchev–Trinajstić information content (AvgIpc) is 2.62. The Labute approximate surface area is 153 Å². The molecule has 102 valence electrons. The molecule has 0 unspecified atom stereocenters. The maximum absolute atomic E-state index is 6.15. The van der Waals surface area contributed by atoms with Gasteiger partial charge in [-0.1, -0.05) is 92.8 Å². The molecule has 0 N–H and O–H groups in total. The van der Waals surface area contributed by atoms with Crippen molar-refractivity contribution in [2.75, 3.05) is 0 Å². The minimum atomic E-state index is 0.0759. The molecule has 0 bridgehead atoms. The number of hydrogen-bond donors (Lipinski definition) is 0. The Morgan fingerprint density at radius 2 is 0.895 bits per heavy atom. The molecule has 1 heterocycles. The topological polar surface area (TPSA) is 0 Å². The van der Waals surface area contributed by atoms with Gasteiger partial charge in [0.05, 0.1) is 40.0 Å². The molecule has 9 heteroatoms. The van der Waals surface area contributed by atoms with Crippen LogP contribution in [-0.4, -0.2) is 0 Å². The molecule has 1 aromatic carbocycles. The van der Waals surface area contributed by atoms with E-state index in [4.69, 9.17) is 92.8 Å². The van der Waals surface area contributed by atoms with Crippen LogP contribution in [0.5, 0.6) is 0 Å². The van der Waals surface area contributed by atoms with Crippen LogP contribution in [0, 0.1) is 0 Å². The van der Waals surface area contributed by atoms with Crippen molar-refractivity contribution in [2.24, 2.45) is 0 Å². The van der Waals surface area contributed by atoms with Crippen LogP contribution in [0.15, 0.2) is 0 Å². The second-order valence-electron chi connectivity index (χ2n) is 3.28. The van der Waals surface area contributed by atoms with Gasteiger partial charge >= 0.3 is 0 Å². The minimum Gasteiger partial charge on any atom is -0.120 e. The van der Waals surface area contributed by atoms with E-state index in [1.165, 1.54) is 0 Å². The largest absolute Gasteiger partial charge is 0.120 e. The third kappa shape index (κ3) is 2.79. The summed E-state index contributed by atoms with van der Waals surface area (Å²) < 4.78 is 0.316. The lowest BCUT2D eigenvalue weighted by atomic mass is 10.2. The van der Waals surface area contributed by atoms with E-state index in [1.807, 2.05) is 0 Å². The molecule has 0 amide bonds. The highest BCUT2D eigenvalue weighted by Crippen LogP contribution is 2.54. The molecule has 0 radical (unpaired) electrons. The summed E-state index contributed by atoms with van der Waals surface area (Å²) in [5.74, 6) is 0. The van der Waals surface area contributed by atoms with Gasteiger partial charge in [-0.05, 0) is 0 Å². The fraction of sp³-hybridized carbons (Fsp3) is 0. The molecule has 0 aliphatic carbocycles. The molecule has 0 saturated heterocycles. The predicted octanol–water partition coefficient (Wildman–Crippen LogP) is 8.64. The lowest BCUT2D eigenvalue weighted by Gasteiger charge is -2.11. The highest BCUT2D eigenvalue weighted by molar-refractivity contribution is 7.21. The van der Waals surface area contributed by atoms with Crippen molar-refractivity contribution in [1.29, 1.82) is 0 Å². The van der Waals surface area contributed by atoms with Crippen LogP contribution in [0.25, 0.3) is 10.4 Å². The molecule has 0 fully saturated rings. The quantitative estimate of drug-likeness (QED) is 0.310. The second kappa shape index (κ2) is 6.16. The van der Waals surface area contributed by atoms with Gasteiger partial charge in [-0.3, -0.25) is 0 Å². The summed E-state index contributed by atoms with van der Waals surface area (Å²) in [7, 11) is 0. The number of thiophene rings is 1. The molecule has 0 nitrogen and oxygen atoms in total. The number of rotatable bonds is 1. The van der Waals surface area contributed by atoms with Crippen molar-refractivity contribution in [2.45, 2.75) is 0 Å². The maximum atomic E-state index is 6.15. The minimum absolute atomic E-state index is 0.0759. The van der Waals surface area contributed by atoms with Crippen LogP contribution in [0.4, 0.5) is 0 Å². The third-order valence-electron chi connectivity index (χ3n) is 2.19. The number of halogens is 8. The van der Waals surface area contributed by atoms with Gasteiger partial charge < -0.3 is 0 Å². The van der Waals surface area contributed by atoms with Crippen molar-refractivity contribution in [1.82, 2.24) is 0 Å². The first-order chi connectivity index (χ1) is 8.77. The maximum Gasteiger partial charge on any atom is 0.114 e. The smallest absolute Gasteiger partial charge is 0.114 e. The summed E-state index contributed by atoms with van der Waals surface area (Å²) in [6, 6.07) is 0. The van der Waals surface area contributed by atoms with E-state index in [2.05, 4.69) is 0 Å². The number of hydrogen-bond acceptors (Lipinski definition) is 1. The van der Waals surface area contributed by atoms with Gasteiger partial charge in [0.25, 0.3) is 0 Å². The zero-order chi connectivity index (χ0) is 14.5. The Hall–Kier alpha value is 1.24. The monoisotopic (exact) mass is 432 g/mol. The third-order valence-corrected chi connectivity index (χ3v) is 7.06. The van der Waals surface area contributed by atoms with Crippen molar-refractivity contribution < 1.29 is 0 Å². The highest BCUT2D eigenvalue weighted by Gasteiger charge is 2.25. The molecule has 19 heavy (non-hydrogen) atoms. The second-order valence-corrected chi connectivity index (χ2v) is 7.55. The summed E-state index contributed by atoms with van der Waals surface area (Å²) >= 11 is 49.3. The molecule has 0 aliphatic rings. The Morgan fingerprint density at radius 3 is 1.26 bits per heavy atom. The predicted molar refractivity (Wildman–Crippen MR) is 89.8 cm³/mol. The zero-order valence-corrected chi connectivity index (χ0v) is 15.3. The highest BCUT2D eigenvalue weighted by atomic mass is 35.5. The fourth-order valence-electron chi connectivity index (χ4n) is 1.33.